The molecule has 4 aromatic rings. The molecule has 0 saturated heterocycles. The second kappa shape index (κ2) is 10.5. The van der Waals surface area contributed by atoms with Crippen LogP contribution in [0.4, 0.5) is 17.1 Å². The summed E-state index contributed by atoms with van der Waals surface area (Å²) < 4.78 is 0. The van der Waals surface area contributed by atoms with Gasteiger partial charge in [-0.25, -0.2) is 4.79 Å². The number of primary amides is 1. The fraction of sp³-hybridized carbons (Fsp3) is 0.0800. The van der Waals surface area contributed by atoms with Crippen molar-refractivity contribution in [3.8, 4) is 0 Å². The number of nitrogens with one attached hydrogen (secondary N) is 4. The number of carbonyl (C=O) groups is 4. The Hall–Kier alpha value is -5.39. The van der Waals surface area contributed by atoms with Gasteiger partial charge in [0.05, 0.1) is 16.7 Å². The van der Waals surface area contributed by atoms with Crippen LogP contribution in [0.2, 0.25) is 0 Å². The smallest absolute Gasteiger partial charge is 0.323 e. The van der Waals surface area contributed by atoms with Crippen LogP contribution in [0.3, 0.4) is 0 Å². The van der Waals surface area contributed by atoms with Crippen LogP contribution in [0.15, 0.2) is 81.8 Å². The molecule has 6 N–H and O–H groups in total. The van der Waals surface area contributed by atoms with Gasteiger partial charge in [0.2, 0.25) is 11.9 Å². The predicted octanol–water partition coefficient (Wildman–Crippen LogP) is 2.89. The molecule has 3 amide bonds. The summed E-state index contributed by atoms with van der Waals surface area (Å²) in [5, 5.41) is 13.1. The van der Waals surface area contributed by atoms with Gasteiger partial charge in [-0.2, -0.15) is 10.2 Å². The maximum Gasteiger partial charge on any atom is 0.323 e. The Morgan fingerprint density at radius 1 is 0.811 bits per heavy atom. The molecule has 0 spiro atoms. The van der Waals surface area contributed by atoms with E-state index in [9.17, 15) is 24.0 Å². The minimum Gasteiger partial charge on any atom is -0.366 e. The van der Waals surface area contributed by atoms with E-state index in [1.807, 2.05) is 0 Å². The number of imidazole rings is 1. The number of nitrogens with two attached hydrogens (primary N) is 1. The summed E-state index contributed by atoms with van der Waals surface area (Å²) in [7, 11) is 0. The number of hydrogen-bond donors (Lipinski definition) is 5. The van der Waals surface area contributed by atoms with Gasteiger partial charge in [0.15, 0.2) is 5.78 Å². The number of anilines is 2. The quantitative estimate of drug-likeness (QED) is 0.183. The third-order valence-electron chi connectivity index (χ3n) is 5.26. The average Bonchev–Trinajstić information content (AvgIpc) is 3.24. The molecule has 12 nitrogen and oxygen atoms in total. The standard InChI is InChI=1S/C25H21N7O5/c1-13(33)21(24(36)28-18-10-11-19-20(12-18)30-25(37)29-19)32-31-17-8-4-15(5-9-17)23(35)27-16-6-2-14(3-7-16)22(26)34/h2-12,21H,1H3,(H2,26,34)(H,27,35)(H,28,36)(H2,29,30,37)/b32-31+. The number of azo groups is 1. The van der Waals surface area contributed by atoms with E-state index in [0.717, 1.165) is 0 Å². The normalized spacial score (nSPS) is 11.8. The molecule has 186 valence electrons. The van der Waals surface area contributed by atoms with Crippen LogP contribution in [-0.2, 0) is 9.59 Å². The molecule has 3 aromatic carbocycles. The maximum atomic E-state index is 12.6. The lowest BCUT2D eigenvalue weighted by atomic mass is 10.1. The number of nitrogens with zero attached hydrogens (tertiary/aromatic N) is 2. The van der Waals surface area contributed by atoms with E-state index >= 15 is 0 Å². The highest BCUT2D eigenvalue weighted by Crippen LogP contribution is 2.18. The van der Waals surface area contributed by atoms with Crippen LogP contribution in [0.1, 0.15) is 27.6 Å². The molecule has 0 radical (unpaired) electrons. The molecule has 1 atom stereocenters. The minimum atomic E-state index is -1.40. The lowest BCUT2D eigenvalue weighted by molar-refractivity contribution is -0.126. The Morgan fingerprint density at radius 2 is 1.43 bits per heavy atom. The van der Waals surface area contributed by atoms with Crippen molar-refractivity contribution in [2.24, 2.45) is 16.0 Å². The molecule has 0 bridgehead atoms. The van der Waals surface area contributed by atoms with Crippen molar-refractivity contribution < 1.29 is 19.2 Å². The summed E-state index contributed by atoms with van der Waals surface area (Å²) in [5.41, 5.74) is 7.73. The van der Waals surface area contributed by atoms with Crippen LogP contribution in [0.25, 0.3) is 11.0 Å². The summed E-state index contributed by atoms with van der Waals surface area (Å²) >= 11 is 0. The Bertz CT molecular complexity index is 1580. The highest BCUT2D eigenvalue weighted by atomic mass is 16.2. The van der Waals surface area contributed by atoms with Crippen molar-refractivity contribution in [3.63, 3.8) is 0 Å². The predicted molar refractivity (Wildman–Crippen MR) is 136 cm³/mol. The van der Waals surface area contributed by atoms with E-state index in [1.54, 1.807) is 30.3 Å². The van der Waals surface area contributed by atoms with Crippen LogP contribution in [0.5, 0.6) is 0 Å². The van der Waals surface area contributed by atoms with E-state index in [2.05, 4.69) is 30.8 Å². The zero-order chi connectivity index (χ0) is 26.5. The van der Waals surface area contributed by atoms with Gasteiger partial charge in [0, 0.05) is 22.5 Å². The molecule has 0 aliphatic carbocycles. The molecule has 1 heterocycles. The van der Waals surface area contributed by atoms with Gasteiger partial charge < -0.3 is 26.3 Å². The van der Waals surface area contributed by atoms with Crippen molar-refractivity contribution in [2.75, 3.05) is 10.6 Å². The Labute approximate surface area is 209 Å². The topological polar surface area (TPSA) is 192 Å². The Kier molecular flexibility index (Phi) is 7.00. The number of H-pyrrole nitrogens is 2. The zero-order valence-corrected chi connectivity index (χ0v) is 19.4. The number of benzene rings is 3. The number of fused-ring (bicyclic) bond motifs is 1. The van der Waals surface area contributed by atoms with Crippen LogP contribution in [-0.4, -0.2) is 39.5 Å². The van der Waals surface area contributed by atoms with Crippen molar-refractivity contribution >= 4 is 51.6 Å². The van der Waals surface area contributed by atoms with Crippen molar-refractivity contribution in [2.45, 2.75) is 13.0 Å². The van der Waals surface area contributed by atoms with Gasteiger partial charge in [-0.05, 0) is 73.7 Å². The van der Waals surface area contributed by atoms with Crippen LogP contribution >= 0.6 is 0 Å². The maximum absolute atomic E-state index is 12.6. The molecule has 1 unspecified atom stereocenters. The van der Waals surface area contributed by atoms with E-state index < -0.39 is 29.5 Å². The number of Topliss-reactive ketones (excluding diaryl/α,β-unsaturated/α-hetero) is 1. The summed E-state index contributed by atoms with van der Waals surface area (Å²) in [5.74, 6) is -2.16. The molecule has 0 aliphatic heterocycles. The molecule has 0 fully saturated rings. The van der Waals surface area contributed by atoms with Crippen molar-refractivity contribution in [1.29, 1.82) is 0 Å². The van der Waals surface area contributed by atoms with Gasteiger partial charge in [0.25, 0.3) is 11.8 Å². The first-order valence-corrected chi connectivity index (χ1v) is 10.9. The SMILES string of the molecule is CC(=O)C(/N=N/c1ccc(C(=O)Nc2ccc(C(N)=O)cc2)cc1)C(=O)Nc1ccc2[nH]c(=O)[nH]c2c1. The van der Waals surface area contributed by atoms with Gasteiger partial charge in [0.1, 0.15) is 0 Å². The van der Waals surface area contributed by atoms with Gasteiger partial charge in [-0.3, -0.25) is 19.2 Å². The molecule has 4 rings (SSSR count). The molecule has 1 aromatic heterocycles. The third-order valence-corrected chi connectivity index (χ3v) is 5.26. The number of amides is 3. The summed E-state index contributed by atoms with van der Waals surface area (Å²) in [6.45, 7) is 1.22. The highest BCUT2D eigenvalue weighted by molar-refractivity contribution is 6.10. The molecule has 0 aliphatic rings. The second-order valence-electron chi connectivity index (χ2n) is 8.00. The summed E-state index contributed by atoms with van der Waals surface area (Å²) in [6, 6.07) is 15.5. The van der Waals surface area contributed by atoms with Crippen LogP contribution in [0, 0.1) is 0 Å². The van der Waals surface area contributed by atoms with Crippen LogP contribution < -0.4 is 22.1 Å². The molecular formula is C25H21N7O5. The largest absolute Gasteiger partial charge is 0.366 e. The second-order valence-corrected chi connectivity index (χ2v) is 8.00. The summed E-state index contributed by atoms with van der Waals surface area (Å²) in [6.07, 6.45) is 0. The number of hydrogen-bond acceptors (Lipinski definition) is 7. The van der Waals surface area contributed by atoms with Gasteiger partial charge >= 0.3 is 5.69 Å². The zero-order valence-electron chi connectivity index (χ0n) is 19.4. The van der Waals surface area contributed by atoms with E-state index in [0.29, 0.717) is 39.2 Å². The van der Waals surface area contributed by atoms with E-state index in [1.165, 1.54) is 43.3 Å². The molecule has 12 heteroatoms. The number of ketones is 1. The fourth-order valence-electron chi connectivity index (χ4n) is 3.36. The monoisotopic (exact) mass is 499 g/mol. The van der Waals surface area contributed by atoms with E-state index in [4.69, 9.17) is 5.73 Å². The fourth-order valence-corrected chi connectivity index (χ4v) is 3.36. The Morgan fingerprint density at radius 3 is 2.08 bits per heavy atom. The number of aromatic nitrogens is 2. The number of carbonyl (C=O) groups excluding carboxylic acids is 4. The molecular weight excluding hydrogens is 478 g/mol. The average molecular weight is 499 g/mol. The Balaban J connectivity index is 1.40. The first-order valence-electron chi connectivity index (χ1n) is 10.9. The first kappa shape index (κ1) is 24.7. The van der Waals surface area contributed by atoms with E-state index in [-0.39, 0.29) is 5.69 Å². The lowest BCUT2D eigenvalue weighted by Gasteiger charge is -2.09. The number of aromatic amines is 2. The molecule has 0 saturated carbocycles. The minimum absolute atomic E-state index is 0.323. The molecule has 37 heavy (non-hydrogen) atoms. The van der Waals surface area contributed by atoms with Crippen molar-refractivity contribution in [3.05, 3.63) is 88.3 Å². The third kappa shape index (κ3) is 6.00. The number of rotatable bonds is 8. The van der Waals surface area contributed by atoms with Crippen molar-refractivity contribution in [1.82, 2.24) is 9.97 Å². The van der Waals surface area contributed by atoms with Gasteiger partial charge in [-0.15, -0.1) is 0 Å². The van der Waals surface area contributed by atoms with Gasteiger partial charge in [-0.1, -0.05) is 0 Å². The highest BCUT2D eigenvalue weighted by Gasteiger charge is 2.23. The lowest BCUT2D eigenvalue weighted by Crippen LogP contribution is -2.31. The summed E-state index contributed by atoms with van der Waals surface area (Å²) in [4.78, 5) is 64.9. The first-order chi connectivity index (χ1) is 17.7.